The number of alkyl halides is 3. The summed E-state index contributed by atoms with van der Waals surface area (Å²) in [6.45, 7) is 0.0673. The standard InChI is InChI=1S/C25H24F4N6O4/c1-39-24(38)20(12-16-10-14-4-2-3-5-19(14)31-16)32-23(37)21-13-35(34-33-21)9-8-30-22(36)17-7-6-15(11-18(17)26)25(27,28)29/h2-7,10-11,13,20,31,33-34H,8-9,12H2,1H3,(H,30,36)(H,32,37). The maximum atomic E-state index is 14.0. The highest BCUT2D eigenvalue weighted by Gasteiger charge is 2.32. The Bertz CT molecular complexity index is 1390. The lowest BCUT2D eigenvalue weighted by Gasteiger charge is -2.16. The van der Waals surface area contributed by atoms with E-state index >= 15 is 0 Å². The van der Waals surface area contributed by atoms with Gasteiger partial charge in [0, 0.05) is 30.4 Å². The van der Waals surface area contributed by atoms with E-state index in [1.165, 1.54) is 18.3 Å². The molecule has 10 nitrogen and oxygen atoms in total. The highest BCUT2D eigenvalue weighted by molar-refractivity contribution is 5.96. The number of halogens is 4. The number of hydrazine groups is 2. The zero-order chi connectivity index (χ0) is 28.2. The first-order valence-electron chi connectivity index (χ1n) is 11.7. The molecule has 0 spiro atoms. The number of carbonyl (C=O) groups excluding carboxylic acids is 3. The fraction of sp³-hybridized carbons (Fsp3) is 0.240. The van der Waals surface area contributed by atoms with Crippen LogP contribution in [0.1, 0.15) is 21.6 Å². The Morgan fingerprint density at radius 1 is 1.08 bits per heavy atom. The lowest BCUT2D eigenvalue weighted by molar-refractivity contribution is -0.144. The Morgan fingerprint density at radius 2 is 1.85 bits per heavy atom. The maximum absolute atomic E-state index is 14.0. The number of fused-ring (bicyclic) bond motifs is 1. The lowest BCUT2D eigenvalue weighted by Crippen LogP contribution is -2.46. The molecule has 2 amide bonds. The van der Waals surface area contributed by atoms with Crippen molar-refractivity contribution in [2.75, 3.05) is 20.2 Å². The molecule has 1 aromatic heterocycles. The Morgan fingerprint density at radius 3 is 2.54 bits per heavy atom. The molecule has 1 aliphatic heterocycles. The first-order chi connectivity index (χ1) is 18.5. The molecule has 206 valence electrons. The minimum absolute atomic E-state index is 0.0372. The molecule has 3 aromatic rings. The second kappa shape index (κ2) is 11.4. The molecule has 2 aromatic carbocycles. The van der Waals surface area contributed by atoms with Gasteiger partial charge >= 0.3 is 12.1 Å². The third-order valence-corrected chi connectivity index (χ3v) is 5.84. The number of amides is 2. The van der Waals surface area contributed by atoms with E-state index in [1.54, 1.807) is 0 Å². The number of carbonyl (C=O) groups is 3. The van der Waals surface area contributed by atoms with E-state index in [0.717, 1.165) is 22.7 Å². The molecule has 1 aliphatic rings. The van der Waals surface area contributed by atoms with Gasteiger partial charge in [-0.05, 0) is 35.7 Å². The molecule has 0 saturated carbocycles. The van der Waals surface area contributed by atoms with Crippen LogP contribution in [0.3, 0.4) is 0 Å². The fourth-order valence-corrected chi connectivity index (χ4v) is 3.88. The van der Waals surface area contributed by atoms with Gasteiger partial charge in [-0.3, -0.25) is 20.0 Å². The smallest absolute Gasteiger partial charge is 0.416 e. The van der Waals surface area contributed by atoms with Gasteiger partial charge in [0.25, 0.3) is 11.8 Å². The lowest BCUT2D eigenvalue weighted by atomic mass is 10.1. The van der Waals surface area contributed by atoms with Crippen LogP contribution >= 0.6 is 0 Å². The number of nitrogens with one attached hydrogen (secondary N) is 5. The summed E-state index contributed by atoms with van der Waals surface area (Å²) in [6.07, 6.45) is -3.18. The largest absolute Gasteiger partial charge is 0.467 e. The van der Waals surface area contributed by atoms with Gasteiger partial charge in [-0.1, -0.05) is 18.2 Å². The second-order valence-electron chi connectivity index (χ2n) is 8.56. The van der Waals surface area contributed by atoms with Crippen LogP contribution < -0.4 is 21.6 Å². The molecule has 5 N–H and O–H groups in total. The highest BCUT2D eigenvalue weighted by atomic mass is 19.4. The first-order valence-corrected chi connectivity index (χ1v) is 11.7. The number of hydrogen-bond donors (Lipinski definition) is 5. The van der Waals surface area contributed by atoms with Gasteiger partial charge in [-0.15, -0.1) is 5.53 Å². The van der Waals surface area contributed by atoms with E-state index in [2.05, 4.69) is 26.6 Å². The van der Waals surface area contributed by atoms with Crippen LogP contribution in [0.15, 0.2) is 60.4 Å². The number of para-hydroxylation sites is 1. The Balaban J connectivity index is 1.31. The Hall–Kier alpha value is -4.59. The van der Waals surface area contributed by atoms with Crippen molar-refractivity contribution in [2.45, 2.75) is 18.6 Å². The van der Waals surface area contributed by atoms with E-state index in [4.69, 9.17) is 4.74 Å². The summed E-state index contributed by atoms with van der Waals surface area (Å²) in [5, 5.41) is 7.38. The monoisotopic (exact) mass is 548 g/mol. The van der Waals surface area contributed by atoms with Gasteiger partial charge in [0.1, 0.15) is 17.6 Å². The van der Waals surface area contributed by atoms with Crippen LogP contribution in [0, 0.1) is 5.82 Å². The van der Waals surface area contributed by atoms with Crippen LogP contribution in [0.4, 0.5) is 17.6 Å². The molecule has 0 radical (unpaired) electrons. The molecule has 0 fully saturated rings. The molecule has 0 saturated heterocycles. The molecule has 39 heavy (non-hydrogen) atoms. The average molecular weight is 548 g/mol. The van der Waals surface area contributed by atoms with Crippen LogP contribution in [0.5, 0.6) is 0 Å². The Labute approximate surface area is 219 Å². The number of nitrogens with zero attached hydrogens (tertiary/aromatic N) is 1. The molecule has 14 heteroatoms. The summed E-state index contributed by atoms with van der Waals surface area (Å²) >= 11 is 0. The molecule has 0 bridgehead atoms. The third-order valence-electron chi connectivity index (χ3n) is 5.84. The predicted molar refractivity (Wildman–Crippen MR) is 131 cm³/mol. The molecule has 4 rings (SSSR count). The van der Waals surface area contributed by atoms with Gasteiger partial charge in [-0.25, -0.2) is 9.18 Å². The van der Waals surface area contributed by atoms with E-state index in [9.17, 15) is 31.9 Å². The predicted octanol–water partition coefficient (Wildman–Crippen LogP) is 2.12. The zero-order valence-corrected chi connectivity index (χ0v) is 20.5. The molecular formula is C25H24F4N6O4. The number of methoxy groups -OCH3 is 1. The second-order valence-corrected chi connectivity index (χ2v) is 8.56. The number of ether oxygens (including phenoxy) is 1. The van der Waals surface area contributed by atoms with Crippen LogP contribution in [0.2, 0.25) is 0 Å². The van der Waals surface area contributed by atoms with Gasteiger partial charge in [0.2, 0.25) is 0 Å². The number of esters is 1. The van der Waals surface area contributed by atoms with Crippen LogP contribution in [-0.2, 0) is 26.9 Å². The number of aromatic nitrogens is 1. The van der Waals surface area contributed by atoms with Gasteiger partial charge in [0.15, 0.2) is 0 Å². The summed E-state index contributed by atoms with van der Waals surface area (Å²) in [5.41, 5.74) is 5.26. The van der Waals surface area contributed by atoms with Crippen LogP contribution in [0.25, 0.3) is 10.9 Å². The average Bonchev–Trinajstić information content (AvgIpc) is 3.54. The van der Waals surface area contributed by atoms with Crippen molar-refractivity contribution in [2.24, 2.45) is 0 Å². The summed E-state index contributed by atoms with van der Waals surface area (Å²) in [7, 11) is 1.22. The van der Waals surface area contributed by atoms with Crippen molar-refractivity contribution in [1.82, 2.24) is 31.6 Å². The zero-order valence-electron chi connectivity index (χ0n) is 20.5. The molecule has 1 atom stereocenters. The Kier molecular flexibility index (Phi) is 8.04. The van der Waals surface area contributed by atoms with E-state index in [1.807, 2.05) is 30.3 Å². The minimum Gasteiger partial charge on any atom is -0.467 e. The van der Waals surface area contributed by atoms with Crippen molar-refractivity contribution in [3.05, 3.63) is 83.1 Å². The topological polar surface area (TPSA) is 128 Å². The van der Waals surface area contributed by atoms with E-state index in [0.29, 0.717) is 6.07 Å². The van der Waals surface area contributed by atoms with Crippen LogP contribution in [-0.4, -0.2) is 54.0 Å². The van der Waals surface area contributed by atoms with Crippen molar-refractivity contribution in [3.63, 3.8) is 0 Å². The number of H-pyrrole nitrogens is 1. The van der Waals surface area contributed by atoms with Crippen molar-refractivity contribution in [3.8, 4) is 0 Å². The highest BCUT2D eigenvalue weighted by Crippen LogP contribution is 2.30. The van der Waals surface area contributed by atoms with Crippen molar-refractivity contribution >= 4 is 28.7 Å². The summed E-state index contributed by atoms with van der Waals surface area (Å²) in [5.74, 6) is -3.43. The van der Waals surface area contributed by atoms with E-state index in [-0.39, 0.29) is 31.3 Å². The molecule has 0 aliphatic carbocycles. The maximum Gasteiger partial charge on any atom is 0.416 e. The summed E-state index contributed by atoms with van der Waals surface area (Å²) in [4.78, 5) is 40.5. The SMILES string of the molecule is COC(=O)C(Cc1cc2ccccc2[nH]1)NC(=O)C1=CN(CCNC(=O)c2ccc(C(F)(F)F)cc2F)NN1. The van der Waals surface area contributed by atoms with Crippen molar-refractivity contribution < 1.29 is 36.7 Å². The van der Waals surface area contributed by atoms with Crippen molar-refractivity contribution in [1.29, 1.82) is 0 Å². The quantitative estimate of drug-likeness (QED) is 0.205. The summed E-state index contributed by atoms with van der Waals surface area (Å²) < 4.78 is 56.9. The van der Waals surface area contributed by atoms with Gasteiger partial charge in [0.05, 0.1) is 24.8 Å². The first kappa shape index (κ1) is 27.4. The third kappa shape index (κ3) is 6.65. The molecule has 2 heterocycles. The number of benzene rings is 2. The van der Waals surface area contributed by atoms with Gasteiger partial charge in [-0.2, -0.15) is 13.2 Å². The minimum atomic E-state index is -4.73. The normalized spacial score (nSPS) is 14.0. The number of aromatic amines is 1. The number of hydrogen-bond acceptors (Lipinski definition) is 7. The molecular weight excluding hydrogens is 524 g/mol. The molecule has 1 unspecified atom stereocenters. The van der Waals surface area contributed by atoms with Gasteiger partial charge < -0.3 is 20.4 Å². The van der Waals surface area contributed by atoms with E-state index < -0.39 is 46.9 Å². The fourth-order valence-electron chi connectivity index (χ4n) is 3.88. The number of rotatable bonds is 9. The summed E-state index contributed by atoms with van der Waals surface area (Å²) in [6, 6.07) is 10.1.